The van der Waals surface area contributed by atoms with Gasteiger partial charge in [0.05, 0.1) is 11.4 Å². The summed E-state index contributed by atoms with van der Waals surface area (Å²) >= 11 is 9.14. The number of carbonyl (C=O) groups excluding carboxylic acids is 1. The summed E-state index contributed by atoms with van der Waals surface area (Å²) in [4.78, 5) is 11.0. The third-order valence-electron chi connectivity index (χ3n) is 1.63. The number of benzene rings is 1. The van der Waals surface area contributed by atoms with Gasteiger partial charge in [-0.15, -0.1) is 0 Å². The van der Waals surface area contributed by atoms with Crippen LogP contribution in [0.2, 0.25) is 5.02 Å². The second-order valence-corrected chi connectivity index (χ2v) is 3.86. The van der Waals surface area contributed by atoms with E-state index in [-0.39, 0.29) is 5.91 Å². The first-order valence-electron chi connectivity index (χ1n) is 3.78. The Balaban J connectivity index is 2.79. The van der Waals surface area contributed by atoms with E-state index in [1.54, 1.807) is 13.1 Å². The molecule has 0 aliphatic carbocycles. The minimum Gasteiger partial charge on any atom is -0.359 e. The van der Waals surface area contributed by atoms with E-state index in [0.29, 0.717) is 11.4 Å². The third-order valence-corrected chi connectivity index (χ3v) is 2.86. The highest BCUT2D eigenvalue weighted by Gasteiger charge is 2.02. The van der Waals surface area contributed by atoms with Gasteiger partial charge < -0.3 is 5.32 Å². The number of hydrogen-bond donors (Lipinski definition) is 1. The number of hydrogen-bond acceptors (Lipinski definition) is 1. The lowest BCUT2D eigenvalue weighted by Crippen LogP contribution is -2.19. The fraction of sp³-hybridized carbons (Fsp3) is 0.222. The summed E-state index contributed by atoms with van der Waals surface area (Å²) in [5, 5.41) is 3.18. The Kier molecular flexibility index (Phi) is 3.75. The van der Waals surface area contributed by atoms with Gasteiger partial charge in [-0.25, -0.2) is 0 Å². The predicted molar refractivity (Wildman–Crippen MR) is 56.9 cm³/mol. The average molecular weight is 263 g/mol. The number of halogens is 2. The van der Waals surface area contributed by atoms with Gasteiger partial charge in [0.1, 0.15) is 0 Å². The van der Waals surface area contributed by atoms with E-state index in [1.807, 2.05) is 12.1 Å². The summed E-state index contributed by atoms with van der Waals surface area (Å²) in [6, 6.07) is 5.48. The lowest BCUT2D eigenvalue weighted by Gasteiger charge is -2.01. The van der Waals surface area contributed by atoms with Gasteiger partial charge >= 0.3 is 0 Å². The molecule has 2 nitrogen and oxygen atoms in total. The lowest BCUT2D eigenvalue weighted by atomic mass is 10.1. The van der Waals surface area contributed by atoms with Crippen LogP contribution in [0.5, 0.6) is 0 Å². The molecular formula is C9H9BrClNO. The van der Waals surface area contributed by atoms with Crippen molar-refractivity contribution in [2.75, 3.05) is 7.05 Å². The van der Waals surface area contributed by atoms with Crippen LogP contribution in [0.1, 0.15) is 5.56 Å². The minimum atomic E-state index is -0.0154. The third kappa shape index (κ3) is 3.01. The molecule has 0 spiro atoms. The largest absolute Gasteiger partial charge is 0.359 e. The van der Waals surface area contributed by atoms with Gasteiger partial charge in [-0.3, -0.25) is 4.79 Å². The molecule has 4 heteroatoms. The normalized spacial score (nSPS) is 9.77. The van der Waals surface area contributed by atoms with Crippen molar-refractivity contribution in [3.05, 3.63) is 33.3 Å². The Hall–Kier alpha value is -0.540. The topological polar surface area (TPSA) is 29.1 Å². The molecule has 0 fully saturated rings. The molecule has 0 heterocycles. The predicted octanol–water partition coefficient (Wildman–Crippen LogP) is 2.39. The monoisotopic (exact) mass is 261 g/mol. The Bertz CT molecular complexity index is 327. The van der Waals surface area contributed by atoms with E-state index in [9.17, 15) is 4.79 Å². The van der Waals surface area contributed by atoms with Crippen molar-refractivity contribution in [1.29, 1.82) is 0 Å². The van der Waals surface area contributed by atoms with E-state index >= 15 is 0 Å². The summed E-state index contributed by atoms with van der Waals surface area (Å²) in [5.74, 6) is -0.0154. The van der Waals surface area contributed by atoms with Crippen molar-refractivity contribution in [3.8, 4) is 0 Å². The molecule has 70 valence electrons. The van der Waals surface area contributed by atoms with Crippen molar-refractivity contribution in [2.45, 2.75) is 6.42 Å². The fourth-order valence-corrected chi connectivity index (χ4v) is 1.37. The van der Waals surface area contributed by atoms with Gasteiger partial charge in [-0.05, 0) is 33.6 Å². The van der Waals surface area contributed by atoms with Crippen molar-refractivity contribution in [2.24, 2.45) is 0 Å². The molecule has 0 unspecified atom stereocenters. The Labute approximate surface area is 90.4 Å². The maximum atomic E-state index is 11.0. The zero-order valence-corrected chi connectivity index (χ0v) is 9.45. The van der Waals surface area contributed by atoms with Crippen LogP contribution in [0.25, 0.3) is 0 Å². The van der Waals surface area contributed by atoms with E-state index < -0.39 is 0 Å². The SMILES string of the molecule is CNC(=O)Cc1ccc(Br)c(Cl)c1. The van der Waals surface area contributed by atoms with Gasteiger partial charge in [0.2, 0.25) is 5.91 Å². The smallest absolute Gasteiger partial charge is 0.224 e. The van der Waals surface area contributed by atoms with Crippen molar-refractivity contribution in [1.82, 2.24) is 5.32 Å². The summed E-state index contributed by atoms with van der Waals surface area (Å²) in [6.45, 7) is 0. The highest BCUT2D eigenvalue weighted by Crippen LogP contribution is 2.23. The Morgan fingerprint density at radius 3 is 2.85 bits per heavy atom. The second kappa shape index (κ2) is 4.63. The summed E-state index contributed by atoms with van der Waals surface area (Å²) in [7, 11) is 1.61. The van der Waals surface area contributed by atoms with E-state index in [2.05, 4.69) is 21.2 Å². The van der Waals surface area contributed by atoms with E-state index in [4.69, 9.17) is 11.6 Å². The zero-order valence-electron chi connectivity index (χ0n) is 7.10. The molecule has 1 aromatic carbocycles. The van der Waals surface area contributed by atoms with Gasteiger partial charge in [0.15, 0.2) is 0 Å². The quantitative estimate of drug-likeness (QED) is 0.871. The van der Waals surface area contributed by atoms with Crippen LogP contribution in [0.3, 0.4) is 0 Å². The number of carbonyl (C=O) groups is 1. The van der Waals surface area contributed by atoms with Crippen molar-refractivity contribution >= 4 is 33.4 Å². The maximum absolute atomic E-state index is 11.0. The molecule has 0 aromatic heterocycles. The molecule has 0 atom stereocenters. The molecule has 0 radical (unpaired) electrons. The number of amides is 1. The molecule has 0 aliphatic rings. The van der Waals surface area contributed by atoms with Crippen LogP contribution in [0.4, 0.5) is 0 Å². The highest BCUT2D eigenvalue weighted by molar-refractivity contribution is 9.10. The standard InChI is InChI=1S/C9H9BrClNO/c1-12-9(13)5-6-2-3-7(10)8(11)4-6/h2-4H,5H2,1H3,(H,12,13). The summed E-state index contributed by atoms with van der Waals surface area (Å²) < 4.78 is 0.842. The molecule has 0 saturated carbocycles. The molecule has 1 amide bonds. The molecule has 0 bridgehead atoms. The molecule has 0 aliphatic heterocycles. The van der Waals surface area contributed by atoms with Gasteiger partial charge in [0.25, 0.3) is 0 Å². The van der Waals surface area contributed by atoms with Crippen molar-refractivity contribution in [3.63, 3.8) is 0 Å². The van der Waals surface area contributed by atoms with E-state index in [1.165, 1.54) is 0 Å². The first-order chi connectivity index (χ1) is 6.13. The van der Waals surface area contributed by atoms with Crippen LogP contribution in [-0.2, 0) is 11.2 Å². The lowest BCUT2D eigenvalue weighted by molar-refractivity contribution is -0.119. The minimum absolute atomic E-state index is 0.0154. The maximum Gasteiger partial charge on any atom is 0.224 e. The first-order valence-corrected chi connectivity index (χ1v) is 4.95. The fourth-order valence-electron chi connectivity index (χ4n) is 0.923. The summed E-state index contributed by atoms with van der Waals surface area (Å²) in [5.41, 5.74) is 0.910. The van der Waals surface area contributed by atoms with Gasteiger partial charge in [-0.2, -0.15) is 0 Å². The van der Waals surface area contributed by atoms with Crippen LogP contribution < -0.4 is 5.32 Å². The summed E-state index contributed by atoms with van der Waals surface area (Å²) in [6.07, 6.45) is 0.365. The molecule has 1 N–H and O–H groups in total. The van der Waals surface area contributed by atoms with Crippen LogP contribution >= 0.6 is 27.5 Å². The average Bonchev–Trinajstić information content (AvgIpc) is 2.11. The first kappa shape index (κ1) is 10.5. The van der Waals surface area contributed by atoms with Gasteiger partial charge in [-0.1, -0.05) is 17.7 Å². The van der Waals surface area contributed by atoms with Crippen LogP contribution in [0.15, 0.2) is 22.7 Å². The van der Waals surface area contributed by atoms with E-state index in [0.717, 1.165) is 10.0 Å². The highest BCUT2D eigenvalue weighted by atomic mass is 79.9. The Morgan fingerprint density at radius 1 is 1.62 bits per heavy atom. The number of likely N-dealkylation sites (N-methyl/N-ethyl adjacent to an activating group) is 1. The van der Waals surface area contributed by atoms with Crippen LogP contribution in [-0.4, -0.2) is 13.0 Å². The molecule has 0 saturated heterocycles. The molecule has 1 rings (SSSR count). The molecule has 1 aromatic rings. The number of rotatable bonds is 2. The Morgan fingerprint density at radius 2 is 2.31 bits per heavy atom. The van der Waals surface area contributed by atoms with Crippen molar-refractivity contribution < 1.29 is 4.79 Å². The van der Waals surface area contributed by atoms with Gasteiger partial charge in [0, 0.05) is 11.5 Å². The van der Waals surface area contributed by atoms with Crippen LogP contribution in [0, 0.1) is 0 Å². The second-order valence-electron chi connectivity index (χ2n) is 2.60. The molecule has 13 heavy (non-hydrogen) atoms. The zero-order chi connectivity index (χ0) is 9.84. The molecular weight excluding hydrogens is 253 g/mol. The number of nitrogens with one attached hydrogen (secondary N) is 1.